The molecule has 1 aromatic heterocycles. The summed E-state index contributed by atoms with van der Waals surface area (Å²) in [7, 11) is 0.472. The van der Waals surface area contributed by atoms with Crippen LogP contribution in [0.5, 0.6) is 6.01 Å². The van der Waals surface area contributed by atoms with Crippen LogP contribution in [0.25, 0.3) is 11.0 Å². The van der Waals surface area contributed by atoms with Gasteiger partial charge >= 0.3 is 0 Å². The second-order valence-electron chi connectivity index (χ2n) is 6.60. The number of benzene rings is 1. The molecule has 0 spiro atoms. The molecule has 1 heterocycles. The number of ether oxygens (including phenoxy) is 2. The molecule has 0 atom stereocenters. The summed E-state index contributed by atoms with van der Waals surface area (Å²) in [5.41, 5.74) is 2.13. The fraction of sp³-hybridized carbons (Fsp3) is 0.500. The van der Waals surface area contributed by atoms with Crippen molar-refractivity contribution in [3.8, 4) is 6.01 Å². The SMILES string of the molecule is COc1nc2c(C(C)=O)cccc2n1COCC[Si](C)(C)C. The molecule has 0 aliphatic heterocycles. The quantitative estimate of drug-likeness (QED) is 0.445. The number of ketones is 1. The molecule has 0 N–H and O–H groups in total. The Labute approximate surface area is 132 Å². The van der Waals surface area contributed by atoms with E-state index in [2.05, 4.69) is 24.6 Å². The first-order valence-electron chi connectivity index (χ1n) is 7.45. The Kier molecular flexibility index (Phi) is 5.03. The van der Waals surface area contributed by atoms with Gasteiger partial charge in [-0.25, -0.2) is 0 Å². The fourth-order valence-electron chi connectivity index (χ4n) is 2.22. The number of fused-ring (bicyclic) bond motifs is 1. The van der Waals surface area contributed by atoms with Crippen molar-refractivity contribution in [2.75, 3.05) is 13.7 Å². The van der Waals surface area contributed by atoms with E-state index in [1.807, 2.05) is 16.7 Å². The molecule has 0 aliphatic rings. The van der Waals surface area contributed by atoms with Gasteiger partial charge in [-0.3, -0.25) is 9.36 Å². The first kappa shape index (κ1) is 16.7. The number of aromatic nitrogens is 2. The van der Waals surface area contributed by atoms with E-state index in [4.69, 9.17) is 9.47 Å². The summed E-state index contributed by atoms with van der Waals surface area (Å²) >= 11 is 0. The Hall–Kier alpha value is -1.66. The van der Waals surface area contributed by atoms with E-state index in [1.165, 1.54) is 0 Å². The van der Waals surface area contributed by atoms with Crippen molar-refractivity contribution in [1.29, 1.82) is 0 Å². The molecule has 0 bridgehead atoms. The number of para-hydroxylation sites is 1. The predicted octanol–water partition coefficient (Wildman–Crippen LogP) is 3.56. The minimum atomic E-state index is -1.10. The van der Waals surface area contributed by atoms with Gasteiger partial charge in [0.05, 0.1) is 12.6 Å². The predicted molar refractivity (Wildman–Crippen MR) is 90.4 cm³/mol. The molecule has 0 aliphatic carbocycles. The monoisotopic (exact) mass is 320 g/mol. The molecule has 0 amide bonds. The van der Waals surface area contributed by atoms with Gasteiger partial charge in [-0.05, 0) is 25.1 Å². The summed E-state index contributed by atoms with van der Waals surface area (Å²) in [6.07, 6.45) is 0. The number of methoxy groups -OCH3 is 1. The van der Waals surface area contributed by atoms with E-state index in [-0.39, 0.29) is 5.78 Å². The standard InChI is InChI=1S/C16H24N2O3Si/c1-12(19)13-7-6-8-14-15(13)17-16(20-2)18(14)11-21-9-10-22(3,4)5/h6-8H,9-11H2,1-5H3. The number of imidazole rings is 1. The second-order valence-corrected chi connectivity index (χ2v) is 12.2. The highest BCUT2D eigenvalue weighted by molar-refractivity contribution is 6.76. The lowest BCUT2D eigenvalue weighted by Gasteiger charge is -2.16. The van der Waals surface area contributed by atoms with Crippen LogP contribution in [0.15, 0.2) is 18.2 Å². The number of hydrogen-bond donors (Lipinski definition) is 0. The molecule has 0 radical (unpaired) electrons. The normalized spacial score (nSPS) is 11.9. The van der Waals surface area contributed by atoms with Crippen molar-refractivity contribution in [3.05, 3.63) is 23.8 Å². The molecule has 0 saturated heterocycles. The van der Waals surface area contributed by atoms with E-state index >= 15 is 0 Å². The van der Waals surface area contributed by atoms with Gasteiger partial charge in [0.25, 0.3) is 6.01 Å². The minimum absolute atomic E-state index is 0.00226. The smallest absolute Gasteiger partial charge is 0.299 e. The highest BCUT2D eigenvalue weighted by atomic mass is 28.3. The van der Waals surface area contributed by atoms with Gasteiger partial charge in [0.2, 0.25) is 0 Å². The molecule has 22 heavy (non-hydrogen) atoms. The molecule has 120 valence electrons. The van der Waals surface area contributed by atoms with Crippen LogP contribution in [-0.4, -0.2) is 37.1 Å². The van der Waals surface area contributed by atoms with Gasteiger partial charge in [-0.2, -0.15) is 4.98 Å². The summed E-state index contributed by atoms with van der Waals surface area (Å²) in [4.78, 5) is 16.2. The third kappa shape index (κ3) is 3.75. The molecule has 5 nitrogen and oxygen atoms in total. The van der Waals surface area contributed by atoms with Gasteiger partial charge < -0.3 is 9.47 Å². The van der Waals surface area contributed by atoms with E-state index in [1.54, 1.807) is 20.1 Å². The van der Waals surface area contributed by atoms with Crippen molar-refractivity contribution in [3.63, 3.8) is 0 Å². The van der Waals surface area contributed by atoms with Crippen molar-refractivity contribution < 1.29 is 14.3 Å². The summed E-state index contributed by atoms with van der Waals surface area (Å²) in [5, 5.41) is 0. The van der Waals surface area contributed by atoms with Crippen LogP contribution < -0.4 is 4.74 Å². The Morgan fingerprint density at radius 2 is 2.05 bits per heavy atom. The number of carbonyl (C=O) groups is 1. The molecule has 2 rings (SSSR count). The third-order valence-electron chi connectivity index (χ3n) is 3.52. The number of Topliss-reactive ketones (excluding diaryl/α,β-unsaturated/α-hetero) is 1. The number of nitrogens with zero attached hydrogens (tertiary/aromatic N) is 2. The molecule has 1 aromatic carbocycles. The number of carbonyl (C=O) groups excluding carboxylic acids is 1. The van der Waals surface area contributed by atoms with E-state index < -0.39 is 8.07 Å². The first-order chi connectivity index (χ1) is 10.3. The third-order valence-corrected chi connectivity index (χ3v) is 5.23. The molecule has 0 unspecified atom stereocenters. The first-order valence-corrected chi connectivity index (χ1v) is 11.2. The maximum absolute atomic E-state index is 11.7. The zero-order valence-electron chi connectivity index (χ0n) is 14.0. The van der Waals surface area contributed by atoms with Gasteiger partial charge in [-0.15, -0.1) is 0 Å². The van der Waals surface area contributed by atoms with Gasteiger partial charge in [0.1, 0.15) is 12.2 Å². The second kappa shape index (κ2) is 6.62. The van der Waals surface area contributed by atoms with Crippen LogP contribution in [0.4, 0.5) is 0 Å². The Bertz CT molecular complexity index is 674. The molecular formula is C16H24N2O3Si. The van der Waals surface area contributed by atoms with Gasteiger partial charge in [-0.1, -0.05) is 25.7 Å². The van der Waals surface area contributed by atoms with Crippen LogP contribution in [0.3, 0.4) is 0 Å². The lowest BCUT2D eigenvalue weighted by atomic mass is 10.1. The number of hydrogen-bond acceptors (Lipinski definition) is 4. The van der Waals surface area contributed by atoms with Crippen LogP contribution >= 0.6 is 0 Å². The zero-order chi connectivity index (χ0) is 16.3. The number of rotatable bonds is 7. The van der Waals surface area contributed by atoms with Crippen LogP contribution in [0, 0.1) is 0 Å². The highest BCUT2D eigenvalue weighted by Gasteiger charge is 2.17. The Morgan fingerprint density at radius 1 is 1.32 bits per heavy atom. The van der Waals surface area contributed by atoms with Crippen molar-refractivity contribution in [1.82, 2.24) is 9.55 Å². The maximum atomic E-state index is 11.7. The largest absolute Gasteiger partial charge is 0.468 e. The van der Waals surface area contributed by atoms with E-state index in [0.29, 0.717) is 23.8 Å². The van der Waals surface area contributed by atoms with Crippen LogP contribution in [-0.2, 0) is 11.5 Å². The maximum Gasteiger partial charge on any atom is 0.299 e. The lowest BCUT2D eigenvalue weighted by molar-refractivity contribution is 0.0837. The minimum Gasteiger partial charge on any atom is -0.468 e. The summed E-state index contributed by atoms with van der Waals surface area (Å²) < 4.78 is 13.0. The average Bonchev–Trinajstić information content (AvgIpc) is 2.80. The molecule has 2 aromatic rings. The Balaban J connectivity index is 2.25. The fourth-order valence-corrected chi connectivity index (χ4v) is 2.98. The van der Waals surface area contributed by atoms with Gasteiger partial charge in [0.15, 0.2) is 5.78 Å². The Morgan fingerprint density at radius 3 is 2.64 bits per heavy atom. The van der Waals surface area contributed by atoms with Gasteiger partial charge in [0, 0.05) is 20.2 Å². The topological polar surface area (TPSA) is 53.3 Å². The summed E-state index contributed by atoms with van der Waals surface area (Å²) in [5.74, 6) is -0.00226. The van der Waals surface area contributed by atoms with Crippen molar-refractivity contribution in [2.45, 2.75) is 39.3 Å². The molecule has 0 fully saturated rings. The average molecular weight is 320 g/mol. The van der Waals surface area contributed by atoms with Crippen molar-refractivity contribution >= 4 is 24.9 Å². The van der Waals surface area contributed by atoms with Crippen molar-refractivity contribution in [2.24, 2.45) is 0 Å². The van der Waals surface area contributed by atoms with E-state index in [9.17, 15) is 4.79 Å². The lowest BCUT2D eigenvalue weighted by Crippen LogP contribution is -2.22. The van der Waals surface area contributed by atoms with E-state index in [0.717, 1.165) is 18.2 Å². The zero-order valence-corrected chi connectivity index (χ0v) is 15.0. The molecular weight excluding hydrogens is 296 g/mol. The van der Waals surface area contributed by atoms with Crippen LogP contribution in [0.1, 0.15) is 17.3 Å². The summed E-state index contributed by atoms with van der Waals surface area (Å²) in [6, 6.07) is 7.16. The summed E-state index contributed by atoms with van der Waals surface area (Å²) in [6.45, 7) is 9.62. The molecule has 6 heteroatoms. The highest BCUT2D eigenvalue weighted by Crippen LogP contribution is 2.24. The van der Waals surface area contributed by atoms with Crippen LogP contribution in [0.2, 0.25) is 25.7 Å². The molecule has 0 saturated carbocycles.